The van der Waals surface area contributed by atoms with E-state index in [1.165, 1.54) is 69.0 Å². The molecule has 1 aliphatic heterocycles. The van der Waals surface area contributed by atoms with Gasteiger partial charge in [0.1, 0.15) is 0 Å². The van der Waals surface area contributed by atoms with Crippen LogP contribution in [-0.2, 0) is 6.42 Å². The van der Waals surface area contributed by atoms with Crippen molar-refractivity contribution in [3.8, 4) is 0 Å². The van der Waals surface area contributed by atoms with E-state index in [-0.39, 0.29) is 0 Å². The van der Waals surface area contributed by atoms with Gasteiger partial charge in [0.2, 0.25) is 5.95 Å². The van der Waals surface area contributed by atoms with E-state index in [1.54, 1.807) is 0 Å². The zero-order chi connectivity index (χ0) is 18.5. The summed E-state index contributed by atoms with van der Waals surface area (Å²) in [7, 11) is 0. The van der Waals surface area contributed by atoms with Crippen LogP contribution in [0.1, 0.15) is 87.9 Å². The molecule has 0 bridgehead atoms. The first-order valence-corrected chi connectivity index (χ1v) is 11.3. The SMILES string of the molecule is OCC1CCN(c2ncc3c(n2)CCCC3NC2CCCCCCC2)CC1. The molecule has 0 radical (unpaired) electrons. The Morgan fingerprint density at radius 2 is 1.70 bits per heavy atom. The summed E-state index contributed by atoms with van der Waals surface area (Å²) >= 11 is 0. The average Bonchev–Trinajstić information content (AvgIpc) is 2.70. The zero-order valence-electron chi connectivity index (χ0n) is 16.7. The fourth-order valence-electron chi connectivity index (χ4n) is 5.08. The molecule has 0 aromatic carbocycles. The lowest BCUT2D eigenvalue weighted by molar-refractivity contribution is 0.202. The molecule has 4 rings (SSSR count). The van der Waals surface area contributed by atoms with Crippen LogP contribution in [0.4, 0.5) is 5.95 Å². The topological polar surface area (TPSA) is 61.3 Å². The minimum Gasteiger partial charge on any atom is -0.396 e. The maximum Gasteiger partial charge on any atom is 0.225 e. The van der Waals surface area contributed by atoms with Crippen molar-refractivity contribution in [1.29, 1.82) is 0 Å². The van der Waals surface area contributed by atoms with E-state index in [0.29, 0.717) is 24.6 Å². The van der Waals surface area contributed by atoms with Gasteiger partial charge in [0, 0.05) is 43.5 Å². The van der Waals surface area contributed by atoms with Crippen molar-refractivity contribution in [2.45, 2.75) is 89.1 Å². The van der Waals surface area contributed by atoms with Crippen LogP contribution in [0.3, 0.4) is 0 Å². The quantitative estimate of drug-likeness (QED) is 0.842. The van der Waals surface area contributed by atoms with E-state index >= 15 is 0 Å². The van der Waals surface area contributed by atoms with Crippen molar-refractivity contribution < 1.29 is 5.11 Å². The van der Waals surface area contributed by atoms with Gasteiger partial charge in [0.25, 0.3) is 0 Å². The van der Waals surface area contributed by atoms with E-state index < -0.39 is 0 Å². The molecule has 2 fully saturated rings. The Labute approximate surface area is 164 Å². The number of aliphatic hydroxyl groups excluding tert-OH is 1. The van der Waals surface area contributed by atoms with Gasteiger partial charge in [-0.1, -0.05) is 32.1 Å². The Bertz CT molecular complexity index is 592. The number of hydrogen-bond donors (Lipinski definition) is 2. The highest BCUT2D eigenvalue weighted by Crippen LogP contribution is 2.31. The van der Waals surface area contributed by atoms with Crippen LogP contribution in [0.25, 0.3) is 0 Å². The predicted octanol–water partition coefficient (Wildman–Crippen LogP) is 3.77. The first kappa shape index (κ1) is 19.1. The first-order chi connectivity index (χ1) is 13.3. The summed E-state index contributed by atoms with van der Waals surface area (Å²) in [6, 6.07) is 1.10. The van der Waals surface area contributed by atoms with Crippen LogP contribution in [0.15, 0.2) is 6.20 Å². The van der Waals surface area contributed by atoms with Gasteiger partial charge in [-0.25, -0.2) is 9.97 Å². The third-order valence-electron chi connectivity index (χ3n) is 6.87. The van der Waals surface area contributed by atoms with Crippen molar-refractivity contribution in [2.75, 3.05) is 24.6 Å². The third kappa shape index (κ3) is 4.80. The van der Waals surface area contributed by atoms with Gasteiger partial charge in [0.15, 0.2) is 0 Å². The lowest BCUT2D eigenvalue weighted by Crippen LogP contribution is -2.37. The molecule has 2 aliphatic carbocycles. The lowest BCUT2D eigenvalue weighted by atomic mass is 9.90. The monoisotopic (exact) mass is 372 g/mol. The van der Waals surface area contributed by atoms with Gasteiger partial charge in [-0.3, -0.25) is 0 Å². The van der Waals surface area contributed by atoms with Gasteiger partial charge < -0.3 is 15.3 Å². The normalized spacial score (nSPS) is 25.7. The molecule has 5 nitrogen and oxygen atoms in total. The number of rotatable bonds is 4. The number of nitrogens with one attached hydrogen (secondary N) is 1. The molecule has 5 heteroatoms. The number of aromatic nitrogens is 2. The summed E-state index contributed by atoms with van der Waals surface area (Å²) in [5, 5.41) is 13.3. The van der Waals surface area contributed by atoms with Crippen LogP contribution in [0, 0.1) is 5.92 Å². The van der Waals surface area contributed by atoms with E-state index in [9.17, 15) is 5.11 Å². The fourth-order valence-corrected chi connectivity index (χ4v) is 5.08. The third-order valence-corrected chi connectivity index (χ3v) is 6.87. The van der Waals surface area contributed by atoms with E-state index in [1.807, 2.05) is 0 Å². The number of fused-ring (bicyclic) bond motifs is 1. The fraction of sp³-hybridized carbons (Fsp3) is 0.818. The van der Waals surface area contributed by atoms with Crippen molar-refractivity contribution >= 4 is 5.95 Å². The lowest BCUT2D eigenvalue weighted by Gasteiger charge is -2.33. The number of aryl methyl sites for hydroxylation is 1. The number of piperidine rings is 1. The Balaban J connectivity index is 1.42. The van der Waals surface area contributed by atoms with Gasteiger partial charge in [0.05, 0.1) is 5.69 Å². The second kappa shape index (κ2) is 9.33. The molecule has 2 heterocycles. The summed E-state index contributed by atoms with van der Waals surface area (Å²) < 4.78 is 0. The maximum absolute atomic E-state index is 9.35. The molecule has 1 unspecified atom stereocenters. The predicted molar refractivity (Wildman–Crippen MR) is 109 cm³/mol. The summed E-state index contributed by atoms with van der Waals surface area (Å²) in [4.78, 5) is 12.0. The van der Waals surface area contributed by atoms with Crippen LogP contribution in [-0.4, -0.2) is 40.8 Å². The highest BCUT2D eigenvalue weighted by atomic mass is 16.3. The molecule has 0 spiro atoms. The minimum atomic E-state index is 0.313. The van der Waals surface area contributed by atoms with Gasteiger partial charge in [-0.15, -0.1) is 0 Å². The highest BCUT2D eigenvalue weighted by molar-refractivity contribution is 5.36. The largest absolute Gasteiger partial charge is 0.396 e. The molecule has 1 aromatic rings. The maximum atomic E-state index is 9.35. The van der Waals surface area contributed by atoms with Gasteiger partial charge >= 0.3 is 0 Å². The molecule has 27 heavy (non-hydrogen) atoms. The number of aliphatic hydroxyl groups is 1. The summed E-state index contributed by atoms with van der Waals surface area (Å²) in [5.41, 5.74) is 2.61. The van der Waals surface area contributed by atoms with Gasteiger partial charge in [-0.05, 0) is 50.9 Å². The molecule has 1 aromatic heterocycles. The molecule has 1 atom stereocenters. The number of hydrogen-bond acceptors (Lipinski definition) is 5. The summed E-state index contributed by atoms with van der Waals surface area (Å²) in [6.07, 6.45) is 17.3. The zero-order valence-corrected chi connectivity index (χ0v) is 16.7. The summed E-state index contributed by atoms with van der Waals surface area (Å²) in [6.45, 7) is 2.24. The number of anilines is 1. The van der Waals surface area contributed by atoms with Crippen LogP contribution >= 0.6 is 0 Å². The summed E-state index contributed by atoms with van der Waals surface area (Å²) in [5.74, 6) is 1.35. The number of nitrogens with zero attached hydrogens (tertiary/aromatic N) is 3. The van der Waals surface area contributed by atoms with Crippen LogP contribution < -0.4 is 10.2 Å². The Morgan fingerprint density at radius 3 is 2.44 bits per heavy atom. The molecular formula is C22H36N4O. The standard InChI is InChI=1S/C22H36N4O/c27-16-17-11-13-26(14-12-17)22-23-15-19-20(9-6-10-21(19)25-22)24-18-7-4-2-1-3-5-8-18/h15,17-18,20,24,27H,1-14,16H2. The molecule has 3 aliphatic rings. The molecule has 1 saturated carbocycles. The molecule has 1 saturated heterocycles. The highest BCUT2D eigenvalue weighted by Gasteiger charge is 2.26. The average molecular weight is 373 g/mol. The smallest absolute Gasteiger partial charge is 0.225 e. The second-order valence-corrected chi connectivity index (χ2v) is 8.84. The van der Waals surface area contributed by atoms with E-state index in [0.717, 1.165) is 38.3 Å². The van der Waals surface area contributed by atoms with Crippen molar-refractivity contribution in [1.82, 2.24) is 15.3 Å². The molecule has 150 valence electrons. The molecule has 0 amide bonds. The Kier molecular flexibility index (Phi) is 6.61. The molecule has 2 N–H and O–H groups in total. The van der Waals surface area contributed by atoms with Crippen molar-refractivity contribution in [2.24, 2.45) is 5.92 Å². The second-order valence-electron chi connectivity index (χ2n) is 8.84. The molecular weight excluding hydrogens is 336 g/mol. The van der Waals surface area contributed by atoms with Crippen molar-refractivity contribution in [3.63, 3.8) is 0 Å². The van der Waals surface area contributed by atoms with Crippen LogP contribution in [0.2, 0.25) is 0 Å². The van der Waals surface area contributed by atoms with E-state index in [2.05, 4.69) is 16.4 Å². The van der Waals surface area contributed by atoms with Crippen molar-refractivity contribution in [3.05, 3.63) is 17.5 Å². The first-order valence-electron chi connectivity index (χ1n) is 11.3. The van der Waals surface area contributed by atoms with E-state index in [4.69, 9.17) is 9.97 Å². The Morgan fingerprint density at radius 1 is 0.963 bits per heavy atom. The minimum absolute atomic E-state index is 0.313. The van der Waals surface area contributed by atoms with Gasteiger partial charge in [-0.2, -0.15) is 0 Å². The van der Waals surface area contributed by atoms with Crippen LogP contribution in [0.5, 0.6) is 0 Å². The Hall–Kier alpha value is -1.20.